The van der Waals surface area contributed by atoms with E-state index in [2.05, 4.69) is 25.5 Å². The molecule has 0 unspecified atom stereocenters. The summed E-state index contributed by atoms with van der Waals surface area (Å²) in [6.45, 7) is 1.25. The number of nitrogens with one attached hydrogen (secondary N) is 2. The minimum Gasteiger partial charge on any atom is -0.370 e. The summed E-state index contributed by atoms with van der Waals surface area (Å²) in [5, 5.41) is 9.10. The summed E-state index contributed by atoms with van der Waals surface area (Å²) in [6, 6.07) is 0. The van der Waals surface area contributed by atoms with E-state index in [0.717, 1.165) is 25.3 Å². The molecule has 0 saturated carbocycles. The van der Waals surface area contributed by atoms with E-state index >= 15 is 0 Å². The molecule has 2 atom stereocenters. The maximum absolute atomic E-state index is 11.9. The Balaban J connectivity index is 1.65. The summed E-state index contributed by atoms with van der Waals surface area (Å²) >= 11 is 0. The number of H-pyrrole nitrogens is 1. The van der Waals surface area contributed by atoms with Crippen LogP contribution in [0.3, 0.4) is 0 Å². The number of imidazole rings is 1. The fourth-order valence-corrected chi connectivity index (χ4v) is 2.61. The van der Waals surface area contributed by atoms with Crippen LogP contribution in [0.2, 0.25) is 0 Å². The Bertz CT molecular complexity index is 594. The lowest BCUT2D eigenvalue weighted by molar-refractivity contribution is -0.0338. The van der Waals surface area contributed by atoms with Gasteiger partial charge in [0.25, 0.3) is 5.91 Å². The Kier molecular flexibility index (Phi) is 3.96. The zero-order valence-electron chi connectivity index (χ0n) is 11.8. The van der Waals surface area contributed by atoms with E-state index in [1.807, 2.05) is 17.8 Å². The number of ether oxygens (including phenoxy) is 1. The van der Waals surface area contributed by atoms with Crippen LogP contribution in [0.4, 0.5) is 0 Å². The van der Waals surface area contributed by atoms with Gasteiger partial charge in [-0.2, -0.15) is 5.10 Å². The number of aromatic nitrogens is 5. The lowest BCUT2D eigenvalue weighted by atomic mass is 9.93. The van der Waals surface area contributed by atoms with Crippen LogP contribution < -0.4 is 5.32 Å². The van der Waals surface area contributed by atoms with E-state index in [0.29, 0.717) is 6.54 Å². The molecule has 1 amide bonds. The van der Waals surface area contributed by atoms with Gasteiger partial charge in [-0.05, 0) is 12.8 Å². The van der Waals surface area contributed by atoms with E-state index in [-0.39, 0.29) is 23.8 Å². The van der Waals surface area contributed by atoms with Gasteiger partial charge < -0.3 is 14.6 Å². The Morgan fingerprint density at radius 1 is 1.57 bits per heavy atom. The first-order chi connectivity index (χ1) is 10.3. The Morgan fingerprint density at radius 2 is 2.48 bits per heavy atom. The standard InChI is InChI=1S/C13H18N6O2/c1-19-5-4-14-12(19)10-9(3-2-6-21-10)7-15-13(20)11-16-8-17-18-11/h4-5,8-10H,2-3,6-7H2,1H3,(H,15,20)(H,16,17,18)/t9-,10+/m0/s1. The molecule has 8 nitrogen and oxygen atoms in total. The zero-order chi connectivity index (χ0) is 14.7. The number of rotatable bonds is 4. The van der Waals surface area contributed by atoms with Crippen molar-refractivity contribution in [3.8, 4) is 0 Å². The fourth-order valence-electron chi connectivity index (χ4n) is 2.61. The summed E-state index contributed by atoms with van der Waals surface area (Å²) in [7, 11) is 1.95. The van der Waals surface area contributed by atoms with Crippen molar-refractivity contribution in [2.24, 2.45) is 13.0 Å². The number of hydrogen-bond donors (Lipinski definition) is 2. The highest BCUT2D eigenvalue weighted by Crippen LogP contribution is 2.32. The molecule has 0 radical (unpaired) electrons. The van der Waals surface area contributed by atoms with Gasteiger partial charge in [-0.25, -0.2) is 9.97 Å². The van der Waals surface area contributed by atoms with Crippen molar-refractivity contribution >= 4 is 5.91 Å². The van der Waals surface area contributed by atoms with Gasteiger partial charge in [-0.15, -0.1) is 0 Å². The number of hydrogen-bond acceptors (Lipinski definition) is 5. The topological polar surface area (TPSA) is 97.7 Å². The molecular formula is C13H18N6O2. The van der Waals surface area contributed by atoms with Gasteiger partial charge in [0.2, 0.25) is 5.82 Å². The van der Waals surface area contributed by atoms with Crippen LogP contribution in [-0.4, -0.2) is 43.8 Å². The second-order valence-corrected chi connectivity index (χ2v) is 5.13. The van der Waals surface area contributed by atoms with Gasteiger partial charge in [-0.1, -0.05) is 0 Å². The van der Waals surface area contributed by atoms with Crippen LogP contribution in [0.25, 0.3) is 0 Å². The molecule has 1 aliphatic heterocycles. The molecule has 1 saturated heterocycles. The van der Waals surface area contributed by atoms with Gasteiger partial charge in [0.15, 0.2) is 0 Å². The van der Waals surface area contributed by atoms with Gasteiger partial charge in [0.05, 0.1) is 0 Å². The lowest BCUT2D eigenvalue weighted by Gasteiger charge is -2.31. The largest absolute Gasteiger partial charge is 0.370 e. The van der Waals surface area contributed by atoms with E-state index < -0.39 is 0 Å². The van der Waals surface area contributed by atoms with E-state index in [4.69, 9.17) is 4.74 Å². The molecule has 0 bridgehead atoms. The average molecular weight is 290 g/mol. The van der Waals surface area contributed by atoms with Crippen LogP contribution in [0, 0.1) is 5.92 Å². The SMILES string of the molecule is Cn1ccnc1[C@@H]1OCCC[C@H]1CNC(=O)c1ncn[nH]1. The van der Waals surface area contributed by atoms with Crippen LogP contribution in [0.5, 0.6) is 0 Å². The molecule has 3 rings (SSSR count). The van der Waals surface area contributed by atoms with Gasteiger partial charge in [0, 0.05) is 38.5 Å². The number of aromatic amines is 1. The molecule has 21 heavy (non-hydrogen) atoms. The number of carbonyl (C=O) groups is 1. The van der Waals surface area contributed by atoms with Crippen molar-refractivity contribution in [2.45, 2.75) is 18.9 Å². The summed E-state index contributed by atoms with van der Waals surface area (Å²) in [5.74, 6) is 1.07. The number of nitrogens with zero attached hydrogens (tertiary/aromatic N) is 4. The van der Waals surface area contributed by atoms with E-state index in [1.165, 1.54) is 6.33 Å². The molecule has 8 heteroatoms. The molecule has 112 valence electrons. The Labute approximate surface area is 121 Å². The normalized spacial score (nSPS) is 22.1. The van der Waals surface area contributed by atoms with Gasteiger partial charge >= 0.3 is 0 Å². The molecule has 1 fully saturated rings. The number of aryl methyl sites for hydroxylation is 1. The summed E-state index contributed by atoms with van der Waals surface area (Å²) in [6.07, 6.45) is 6.87. The van der Waals surface area contributed by atoms with E-state index in [1.54, 1.807) is 6.20 Å². The average Bonchev–Trinajstić information content (AvgIpc) is 3.16. The first kappa shape index (κ1) is 13.7. The summed E-state index contributed by atoms with van der Waals surface area (Å²) in [4.78, 5) is 20.1. The molecule has 2 aromatic rings. The smallest absolute Gasteiger partial charge is 0.288 e. The maximum Gasteiger partial charge on any atom is 0.288 e. The second kappa shape index (κ2) is 6.04. The maximum atomic E-state index is 11.9. The minimum atomic E-state index is -0.253. The number of amides is 1. The van der Waals surface area contributed by atoms with Gasteiger partial charge in [-0.3, -0.25) is 9.89 Å². The number of carbonyl (C=O) groups excluding carboxylic acids is 1. The zero-order valence-corrected chi connectivity index (χ0v) is 11.8. The molecule has 0 aliphatic carbocycles. The van der Waals surface area contributed by atoms with Crippen LogP contribution >= 0.6 is 0 Å². The summed E-state index contributed by atoms with van der Waals surface area (Å²) < 4.78 is 7.83. The summed E-state index contributed by atoms with van der Waals surface area (Å²) in [5.41, 5.74) is 0. The van der Waals surface area contributed by atoms with E-state index in [9.17, 15) is 4.79 Å². The molecule has 2 N–H and O–H groups in total. The predicted molar refractivity (Wildman–Crippen MR) is 73.3 cm³/mol. The molecule has 0 aromatic carbocycles. The second-order valence-electron chi connectivity index (χ2n) is 5.13. The van der Waals surface area contributed by atoms with Crippen molar-refractivity contribution in [1.82, 2.24) is 30.0 Å². The van der Waals surface area contributed by atoms with Crippen molar-refractivity contribution in [2.75, 3.05) is 13.2 Å². The highest BCUT2D eigenvalue weighted by molar-refractivity contribution is 5.90. The molecule has 1 aliphatic rings. The van der Waals surface area contributed by atoms with Crippen molar-refractivity contribution in [3.63, 3.8) is 0 Å². The quantitative estimate of drug-likeness (QED) is 0.851. The van der Waals surface area contributed by atoms with Crippen molar-refractivity contribution in [3.05, 3.63) is 30.4 Å². The lowest BCUT2D eigenvalue weighted by Crippen LogP contribution is -2.36. The fraction of sp³-hybridized carbons (Fsp3) is 0.538. The Morgan fingerprint density at radius 3 is 3.19 bits per heavy atom. The third-order valence-corrected chi connectivity index (χ3v) is 3.71. The minimum absolute atomic E-state index is 0.0891. The van der Waals surface area contributed by atoms with Gasteiger partial charge in [0.1, 0.15) is 18.3 Å². The van der Waals surface area contributed by atoms with Crippen LogP contribution in [0.1, 0.15) is 35.4 Å². The Hall–Kier alpha value is -2.22. The van der Waals surface area contributed by atoms with Crippen LogP contribution in [-0.2, 0) is 11.8 Å². The molecule has 2 aromatic heterocycles. The third kappa shape index (κ3) is 2.94. The first-order valence-electron chi connectivity index (χ1n) is 6.98. The first-order valence-corrected chi connectivity index (χ1v) is 6.98. The molecule has 0 spiro atoms. The highest BCUT2D eigenvalue weighted by Gasteiger charge is 2.30. The third-order valence-electron chi connectivity index (χ3n) is 3.71. The monoisotopic (exact) mass is 290 g/mol. The highest BCUT2D eigenvalue weighted by atomic mass is 16.5. The molecular weight excluding hydrogens is 272 g/mol. The predicted octanol–water partition coefficient (Wildman–Crippen LogP) is 0.436. The van der Waals surface area contributed by atoms with Crippen molar-refractivity contribution < 1.29 is 9.53 Å². The molecule has 3 heterocycles. The van der Waals surface area contributed by atoms with Crippen LogP contribution in [0.15, 0.2) is 18.7 Å². The van der Waals surface area contributed by atoms with Crippen molar-refractivity contribution in [1.29, 1.82) is 0 Å².